The van der Waals surface area contributed by atoms with Gasteiger partial charge in [0, 0.05) is 32.2 Å². The summed E-state index contributed by atoms with van der Waals surface area (Å²) in [7, 11) is 1.90. The lowest BCUT2D eigenvalue weighted by atomic mass is 10.1. The average Bonchev–Trinajstić information content (AvgIpc) is 3.19. The van der Waals surface area contributed by atoms with Gasteiger partial charge in [0.15, 0.2) is 0 Å². The first-order chi connectivity index (χ1) is 17.8. The van der Waals surface area contributed by atoms with Crippen LogP contribution in [-0.2, 0) is 24.9 Å². The fourth-order valence-corrected chi connectivity index (χ4v) is 4.20. The Morgan fingerprint density at radius 3 is 2.08 bits per heavy atom. The monoisotopic (exact) mass is 499 g/mol. The van der Waals surface area contributed by atoms with Gasteiger partial charge in [0.2, 0.25) is 5.88 Å². The number of hydrogen-bond acceptors (Lipinski definition) is 5. The summed E-state index contributed by atoms with van der Waals surface area (Å²) in [5.41, 5.74) is 3.71. The van der Waals surface area contributed by atoms with E-state index in [-0.39, 0.29) is 12.2 Å². The Kier molecular flexibility index (Phi) is 8.77. The van der Waals surface area contributed by atoms with E-state index in [0.29, 0.717) is 25.5 Å². The van der Waals surface area contributed by atoms with E-state index in [1.807, 2.05) is 94.5 Å². The van der Waals surface area contributed by atoms with Gasteiger partial charge in [-0.3, -0.25) is 4.90 Å². The number of hydrogen-bond donors (Lipinski definition) is 1. The number of rotatable bonds is 11. The highest BCUT2D eigenvalue weighted by atomic mass is 16.5. The lowest BCUT2D eigenvalue weighted by Gasteiger charge is -2.28. The fraction of sp³-hybridized carbons (Fsp3) is 0.323. The molecule has 1 N–H and O–H groups in total. The average molecular weight is 500 g/mol. The van der Waals surface area contributed by atoms with Gasteiger partial charge in [-0.15, -0.1) is 0 Å². The highest BCUT2D eigenvalue weighted by Crippen LogP contribution is 2.34. The second-order valence-corrected chi connectivity index (χ2v) is 10.3. The number of benzene rings is 3. The van der Waals surface area contributed by atoms with Crippen molar-refractivity contribution in [3.63, 3.8) is 0 Å². The van der Waals surface area contributed by atoms with Crippen LogP contribution in [0.15, 0.2) is 91.0 Å². The maximum absolute atomic E-state index is 10.9. The molecule has 0 aliphatic heterocycles. The van der Waals surface area contributed by atoms with Crippen molar-refractivity contribution in [3.8, 4) is 22.9 Å². The Hall–Kier alpha value is -3.45. The molecule has 0 fully saturated rings. The number of ether oxygens (including phenoxy) is 2. The van der Waals surface area contributed by atoms with Gasteiger partial charge < -0.3 is 14.6 Å². The van der Waals surface area contributed by atoms with E-state index in [1.54, 1.807) is 4.68 Å². The summed E-state index contributed by atoms with van der Waals surface area (Å²) in [5.74, 6) is 1.43. The van der Waals surface area contributed by atoms with Crippen LogP contribution >= 0.6 is 0 Å². The summed E-state index contributed by atoms with van der Waals surface area (Å²) in [6.45, 7) is 7.91. The first-order valence-electron chi connectivity index (χ1n) is 12.7. The fourth-order valence-electron chi connectivity index (χ4n) is 4.20. The molecule has 4 rings (SSSR count). The van der Waals surface area contributed by atoms with Crippen LogP contribution in [0.25, 0.3) is 11.3 Å². The lowest BCUT2D eigenvalue weighted by molar-refractivity contribution is -0.0573. The van der Waals surface area contributed by atoms with Crippen LogP contribution in [0.5, 0.6) is 11.6 Å². The van der Waals surface area contributed by atoms with Crippen LogP contribution in [0.4, 0.5) is 0 Å². The van der Waals surface area contributed by atoms with E-state index in [9.17, 15) is 5.11 Å². The molecule has 6 nitrogen and oxygen atoms in total. The van der Waals surface area contributed by atoms with Crippen molar-refractivity contribution in [2.75, 3.05) is 13.2 Å². The van der Waals surface area contributed by atoms with Crippen molar-refractivity contribution in [1.29, 1.82) is 0 Å². The normalized spacial score (nSPS) is 12.6. The van der Waals surface area contributed by atoms with E-state index in [0.717, 1.165) is 22.6 Å². The number of aryl methyl sites for hydroxylation is 1. The summed E-state index contributed by atoms with van der Waals surface area (Å²) in [5, 5.41) is 15.8. The third-order valence-corrected chi connectivity index (χ3v) is 5.90. The van der Waals surface area contributed by atoms with Gasteiger partial charge in [0.05, 0.1) is 23.9 Å². The van der Waals surface area contributed by atoms with Crippen molar-refractivity contribution in [2.45, 2.75) is 45.6 Å². The van der Waals surface area contributed by atoms with Gasteiger partial charge in [-0.2, -0.15) is 5.10 Å². The molecule has 3 aromatic carbocycles. The van der Waals surface area contributed by atoms with E-state index >= 15 is 0 Å². The van der Waals surface area contributed by atoms with Gasteiger partial charge >= 0.3 is 0 Å². The largest absolute Gasteiger partial charge is 0.439 e. The van der Waals surface area contributed by atoms with Crippen molar-refractivity contribution in [2.24, 2.45) is 7.05 Å². The first-order valence-corrected chi connectivity index (χ1v) is 12.7. The van der Waals surface area contributed by atoms with Gasteiger partial charge in [-0.05, 0) is 38.5 Å². The van der Waals surface area contributed by atoms with Crippen LogP contribution in [0.1, 0.15) is 31.9 Å². The summed E-state index contributed by atoms with van der Waals surface area (Å²) >= 11 is 0. The molecule has 194 valence electrons. The summed E-state index contributed by atoms with van der Waals surface area (Å²) in [6.07, 6.45) is -0.640. The van der Waals surface area contributed by atoms with Crippen LogP contribution in [0.3, 0.4) is 0 Å². The van der Waals surface area contributed by atoms with Gasteiger partial charge in [0.1, 0.15) is 11.4 Å². The molecule has 0 bridgehead atoms. The zero-order valence-corrected chi connectivity index (χ0v) is 22.2. The maximum atomic E-state index is 10.9. The lowest BCUT2D eigenvalue weighted by Crippen LogP contribution is -2.36. The molecule has 0 saturated carbocycles. The second-order valence-electron chi connectivity index (χ2n) is 10.3. The molecule has 1 heterocycles. The molecule has 4 aromatic rings. The maximum Gasteiger partial charge on any atom is 0.222 e. The number of nitrogens with zero attached hydrogens (tertiary/aromatic N) is 3. The van der Waals surface area contributed by atoms with Crippen molar-refractivity contribution >= 4 is 0 Å². The molecule has 0 amide bonds. The summed E-state index contributed by atoms with van der Waals surface area (Å²) in [6, 6.07) is 30.2. The van der Waals surface area contributed by atoms with Crippen LogP contribution in [-0.4, -0.2) is 44.6 Å². The molecule has 6 heteroatoms. The van der Waals surface area contributed by atoms with Gasteiger partial charge in [-0.1, -0.05) is 78.9 Å². The van der Waals surface area contributed by atoms with Crippen LogP contribution < -0.4 is 4.74 Å². The molecule has 1 atom stereocenters. The van der Waals surface area contributed by atoms with Crippen LogP contribution in [0, 0.1) is 0 Å². The summed E-state index contributed by atoms with van der Waals surface area (Å²) in [4.78, 5) is 2.23. The minimum absolute atomic E-state index is 0.265. The quantitative estimate of drug-likeness (QED) is 0.272. The van der Waals surface area contributed by atoms with Crippen molar-refractivity contribution in [3.05, 3.63) is 102 Å². The van der Waals surface area contributed by atoms with Crippen molar-refractivity contribution < 1.29 is 14.6 Å². The standard InChI is InChI=1S/C31H37N3O3/c1-31(2,3)36-23-26(35)21-34(20-24-14-8-5-9-15-24)22-28-29(25-16-10-6-11-17-25)32-33(4)30(28)37-27-18-12-7-13-19-27/h5-19,26,35H,20-23H2,1-4H3. The number of aliphatic hydroxyl groups excluding tert-OH is 1. The van der Waals surface area contributed by atoms with Gasteiger partial charge in [0.25, 0.3) is 0 Å². The highest BCUT2D eigenvalue weighted by Gasteiger charge is 2.24. The molecular formula is C31H37N3O3. The van der Waals surface area contributed by atoms with E-state index in [1.165, 1.54) is 5.56 Å². The van der Waals surface area contributed by atoms with E-state index in [2.05, 4.69) is 29.2 Å². The molecule has 0 aliphatic carbocycles. The SMILES string of the molecule is Cn1nc(-c2ccccc2)c(CN(Cc2ccccc2)CC(O)COC(C)(C)C)c1Oc1ccccc1. The molecular weight excluding hydrogens is 462 g/mol. The number of aliphatic hydroxyl groups is 1. The zero-order valence-electron chi connectivity index (χ0n) is 22.2. The smallest absolute Gasteiger partial charge is 0.222 e. The Balaban J connectivity index is 1.68. The minimum atomic E-state index is -0.640. The van der Waals surface area contributed by atoms with E-state index in [4.69, 9.17) is 14.6 Å². The molecule has 0 spiro atoms. The third kappa shape index (κ3) is 7.76. The molecule has 1 aromatic heterocycles. The molecule has 0 radical (unpaired) electrons. The predicted molar refractivity (Wildman–Crippen MR) is 147 cm³/mol. The molecule has 0 saturated heterocycles. The molecule has 1 unspecified atom stereocenters. The Morgan fingerprint density at radius 1 is 0.865 bits per heavy atom. The van der Waals surface area contributed by atoms with E-state index < -0.39 is 6.10 Å². The minimum Gasteiger partial charge on any atom is -0.439 e. The molecule has 37 heavy (non-hydrogen) atoms. The van der Waals surface area contributed by atoms with Crippen LogP contribution in [0.2, 0.25) is 0 Å². The first kappa shape index (κ1) is 26.6. The Bertz CT molecular complexity index is 1240. The zero-order chi connectivity index (χ0) is 26.3. The third-order valence-electron chi connectivity index (χ3n) is 5.90. The molecule has 0 aliphatic rings. The van der Waals surface area contributed by atoms with Gasteiger partial charge in [-0.25, -0.2) is 4.68 Å². The number of aromatic nitrogens is 2. The Morgan fingerprint density at radius 2 is 1.46 bits per heavy atom. The Labute approximate surface area is 220 Å². The highest BCUT2D eigenvalue weighted by molar-refractivity contribution is 5.65. The predicted octanol–water partition coefficient (Wildman–Crippen LogP) is 6.06. The van der Waals surface area contributed by atoms with Crippen molar-refractivity contribution in [1.82, 2.24) is 14.7 Å². The second kappa shape index (κ2) is 12.2. The topological polar surface area (TPSA) is 59.8 Å². The number of para-hydroxylation sites is 1. The summed E-state index contributed by atoms with van der Waals surface area (Å²) < 4.78 is 14.0.